The molecule has 6 heteroatoms. The minimum atomic E-state index is -0.742. The predicted octanol–water partition coefficient (Wildman–Crippen LogP) is 2.96. The highest BCUT2D eigenvalue weighted by molar-refractivity contribution is 6.00. The summed E-state index contributed by atoms with van der Waals surface area (Å²) in [4.78, 5) is 27.3. The quantitative estimate of drug-likeness (QED) is 0.694. The molecular formula is C16H17N3O3. The number of hydrogen-bond donors (Lipinski definition) is 1. The first-order valence-corrected chi connectivity index (χ1v) is 6.81. The third-order valence-corrected chi connectivity index (χ3v) is 3.41. The van der Waals surface area contributed by atoms with E-state index in [4.69, 9.17) is 0 Å². The van der Waals surface area contributed by atoms with Crippen LogP contribution in [0.3, 0.4) is 0 Å². The van der Waals surface area contributed by atoms with Crippen molar-refractivity contribution >= 4 is 11.6 Å². The van der Waals surface area contributed by atoms with Gasteiger partial charge in [-0.05, 0) is 38.5 Å². The molecule has 0 aliphatic heterocycles. The molecule has 0 atom stereocenters. The molecule has 0 fully saturated rings. The highest BCUT2D eigenvalue weighted by Gasteiger charge is 2.29. The Labute approximate surface area is 128 Å². The van der Waals surface area contributed by atoms with Crippen molar-refractivity contribution in [3.63, 3.8) is 0 Å². The van der Waals surface area contributed by atoms with Crippen LogP contribution in [0.25, 0.3) is 0 Å². The van der Waals surface area contributed by atoms with Gasteiger partial charge in [-0.25, -0.2) is 0 Å². The number of nitrogens with one attached hydrogen (secondary N) is 1. The van der Waals surface area contributed by atoms with Crippen LogP contribution in [0.15, 0.2) is 42.6 Å². The van der Waals surface area contributed by atoms with Crippen LogP contribution in [0.4, 0.5) is 5.69 Å². The number of pyridine rings is 1. The number of nitro groups is 1. The average Bonchev–Trinajstić information content (AvgIpc) is 2.47. The van der Waals surface area contributed by atoms with E-state index in [-0.39, 0.29) is 11.3 Å². The molecular weight excluding hydrogens is 282 g/mol. The van der Waals surface area contributed by atoms with Crippen molar-refractivity contribution in [2.24, 2.45) is 0 Å². The molecule has 0 bridgehead atoms. The molecule has 1 heterocycles. The molecule has 2 rings (SSSR count). The molecule has 6 nitrogen and oxygen atoms in total. The molecule has 1 amide bonds. The maximum absolute atomic E-state index is 12.5. The number of benzene rings is 1. The molecule has 0 saturated heterocycles. The molecule has 1 aromatic carbocycles. The number of hydrogen-bond acceptors (Lipinski definition) is 4. The Morgan fingerprint density at radius 2 is 1.95 bits per heavy atom. The maximum Gasteiger partial charge on any atom is 0.282 e. The number of aryl methyl sites for hydroxylation is 1. The van der Waals surface area contributed by atoms with Crippen molar-refractivity contribution in [2.75, 3.05) is 0 Å². The molecule has 2 aromatic rings. The predicted molar refractivity (Wildman–Crippen MR) is 82.6 cm³/mol. The lowest BCUT2D eigenvalue weighted by atomic mass is 9.98. The van der Waals surface area contributed by atoms with Crippen LogP contribution in [0.2, 0.25) is 0 Å². The summed E-state index contributed by atoms with van der Waals surface area (Å²) >= 11 is 0. The second-order valence-electron chi connectivity index (χ2n) is 5.52. The first-order chi connectivity index (χ1) is 10.3. The van der Waals surface area contributed by atoms with E-state index in [0.717, 1.165) is 0 Å². The van der Waals surface area contributed by atoms with Gasteiger partial charge in [-0.15, -0.1) is 0 Å². The Balaban J connectivity index is 2.36. The minimum absolute atomic E-state index is 0.0801. The number of carbonyl (C=O) groups excluding carboxylic acids is 1. The Kier molecular flexibility index (Phi) is 4.21. The van der Waals surface area contributed by atoms with Gasteiger partial charge in [0.25, 0.3) is 11.6 Å². The molecule has 0 spiro atoms. The summed E-state index contributed by atoms with van der Waals surface area (Å²) in [7, 11) is 0. The van der Waals surface area contributed by atoms with Crippen molar-refractivity contribution in [1.82, 2.24) is 10.3 Å². The summed E-state index contributed by atoms with van der Waals surface area (Å²) in [6, 6.07) is 9.98. The SMILES string of the molecule is Cc1cccc([N+](=O)[O-])c1C(=O)NC(C)(C)c1ccccn1. The van der Waals surface area contributed by atoms with E-state index in [1.165, 1.54) is 6.07 Å². The second kappa shape index (κ2) is 5.93. The minimum Gasteiger partial charge on any atom is -0.341 e. The van der Waals surface area contributed by atoms with Gasteiger partial charge in [0.15, 0.2) is 0 Å². The highest BCUT2D eigenvalue weighted by atomic mass is 16.6. The number of carbonyl (C=O) groups is 1. The summed E-state index contributed by atoms with van der Waals surface area (Å²) < 4.78 is 0. The van der Waals surface area contributed by atoms with Gasteiger partial charge in [-0.2, -0.15) is 0 Å². The molecule has 0 aliphatic rings. The Hall–Kier alpha value is -2.76. The lowest BCUT2D eigenvalue weighted by Crippen LogP contribution is -2.42. The van der Waals surface area contributed by atoms with Gasteiger partial charge in [-0.3, -0.25) is 19.9 Å². The van der Waals surface area contributed by atoms with Crippen LogP contribution in [-0.4, -0.2) is 15.8 Å². The fraction of sp³-hybridized carbons (Fsp3) is 0.250. The number of amides is 1. The summed E-state index contributed by atoms with van der Waals surface area (Å²) in [6.07, 6.45) is 1.64. The zero-order valence-electron chi connectivity index (χ0n) is 12.7. The van der Waals surface area contributed by atoms with Gasteiger partial charge in [0.1, 0.15) is 5.56 Å². The Bertz CT molecular complexity index is 712. The third kappa shape index (κ3) is 3.11. The number of aromatic nitrogens is 1. The van der Waals surface area contributed by atoms with Crippen LogP contribution in [0.5, 0.6) is 0 Å². The molecule has 114 valence electrons. The monoisotopic (exact) mass is 299 g/mol. The molecule has 22 heavy (non-hydrogen) atoms. The van der Waals surface area contributed by atoms with Gasteiger partial charge in [0.2, 0.25) is 0 Å². The molecule has 0 aliphatic carbocycles. The fourth-order valence-electron chi connectivity index (χ4n) is 2.24. The van der Waals surface area contributed by atoms with Crippen molar-refractivity contribution < 1.29 is 9.72 Å². The lowest BCUT2D eigenvalue weighted by Gasteiger charge is -2.26. The number of nitrogens with zero attached hydrogens (tertiary/aromatic N) is 2. The van der Waals surface area contributed by atoms with Crippen LogP contribution in [0, 0.1) is 17.0 Å². The molecule has 0 radical (unpaired) electrons. The van der Waals surface area contributed by atoms with E-state index in [2.05, 4.69) is 10.3 Å². The number of rotatable bonds is 4. The van der Waals surface area contributed by atoms with Crippen LogP contribution in [-0.2, 0) is 5.54 Å². The number of nitro benzene ring substituents is 1. The summed E-state index contributed by atoms with van der Waals surface area (Å²) in [5, 5.41) is 13.9. The zero-order valence-corrected chi connectivity index (χ0v) is 12.7. The Morgan fingerprint density at radius 3 is 2.55 bits per heavy atom. The largest absolute Gasteiger partial charge is 0.341 e. The standard InChI is InChI=1S/C16H17N3O3/c1-11-7-6-8-12(19(21)22)14(11)15(20)18-16(2,3)13-9-4-5-10-17-13/h4-10H,1-3H3,(H,18,20). The van der Waals surface area contributed by atoms with E-state index in [0.29, 0.717) is 11.3 Å². The van der Waals surface area contributed by atoms with E-state index in [1.807, 2.05) is 6.07 Å². The average molecular weight is 299 g/mol. The maximum atomic E-state index is 12.5. The zero-order chi connectivity index (χ0) is 16.3. The topological polar surface area (TPSA) is 85.1 Å². The highest BCUT2D eigenvalue weighted by Crippen LogP contribution is 2.24. The molecule has 0 saturated carbocycles. The summed E-state index contributed by atoms with van der Waals surface area (Å²) in [5.41, 5.74) is 0.378. The second-order valence-corrected chi connectivity index (χ2v) is 5.52. The molecule has 1 aromatic heterocycles. The van der Waals surface area contributed by atoms with Crippen LogP contribution < -0.4 is 5.32 Å². The fourth-order valence-corrected chi connectivity index (χ4v) is 2.24. The van der Waals surface area contributed by atoms with Crippen LogP contribution in [0.1, 0.15) is 35.5 Å². The summed E-state index contributed by atoms with van der Waals surface area (Å²) in [6.45, 7) is 5.28. The first kappa shape index (κ1) is 15.6. The molecule has 1 N–H and O–H groups in total. The van der Waals surface area contributed by atoms with Gasteiger partial charge < -0.3 is 5.32 Å². The van der Waals surface area contributed by atoms with Crippen molar-refractivity contribution in [3.8, 4) is 0 Å². The lowest BCUT2D eigenvalue weighted by molar-refractivity contribution is -0.385. The molecule has 0 unspecified atom stereocenters. The van der Waals surface area contributed by atoms with Crippen molar-refractivity contribution in [2.45, 2.75) is 26.3 Å². The van der Waals surface area contributed by atoms with Crippen LogP contribution >= 0.6 is 0 Å². The van der Waals surface area contributed by atoms with Gasteiger partial charge in [0, 0.05) is 12.3 Å². The normalized spacial score (nSPS) is 11.0. The third-order valence-electron chi connectivity index (χ3n) is 3.41. The summed E-state index contributed by atoms with van der Waals surface area (Å²) in [5.74, 6) is -0.486. The van der Waals surface area contributed by atoms with Crippen molar-refractivity contribution in [3.05, 3.63) is 69.5 Å². The smallest absolute Gasteiger partial charge is 0.282 e. The van der Waals surface area contributed by atoms with Gasteiger partial charge in [0.05, 0.1) is 16.2 Å². The van der Waals surface area contributed by atoms with E-state index in [9.17, 15) is 14.9 Å². The van der Waals surface area contributed by atoms with E-state index in [1.54, 1.807) is 51.2 Å². The van der Waals surface area contributed by atoms with E-state index < -0.39 is 16.4 Å². The first-order valence-electron chi connectivity index (χ1n) is 6.81. The van der Waals surface area contributed by atoms with E-state index >= 15 is 0 Å². The van der Waals surface area contributed by atoms with Crippen molar-refractivity contribution in [1.29, 1.82) is 0 Å². The van der Waals surface area contributed by atoms with Gasteiger partial charge >= 0.3 is 0 Å². The van der Waals surface area contributed by atoms with Gasteiger partial charge in [-0.1, -0.05) is 18.2 Å². The Morgan fingerprint density at radius 1 is 1.23 bits per heavy atom.